The molecule has 0 radical (unpaired) electrons. The Morgan fingerprint density at radius 1 is 1.35 bits per heavy atom. The number of hydrogen-bond donors (Lipinski definition) is 1. The van der Waals surface area contributed by atoms with Gasteiger partial charge < -0.3 is 10.1 Å². The minimum Gasteiger partial charge on any atom is -0.381 e. The smallest absolute Gasteiger partial charge is 0.0955 e. The lowest BCUT2D eigenvalue weighted by molar-refractivity contribution is 0.151. The summed E-state index contributed by atoms with van der Waals surface area (Å²) in [7, 11) is 0. The summed E-state index contributed by atoms with van der Waals surface area (Å²) >= 11 is 1.73. The quantitative estimate of drug-likeness (QED) is 0.859. The van der Waals surface area contributed by atoms with E-state index in [0.29, 0.717) is 0 Å². The average molecular weight is 288 g/mol. The Kier molecular flexibility index (Phi) is 4.45. The fourth-order valence-electron chi connectivity index (χ4n) is 2.50. The third kappa shape index (κ3) is 3.08. The first-order valence-electron chi connectivity index (χ1n) is 7.22. The van der Waals surface area contributed by atoms with E-state index in [9.17, 15) is 0 Å². The van der Waals surface area contributed by atoms with E-state index in [2.05, 4.69) is 28.9 Å². The number of rotatable bonds is 5. The second-order valence-electron chi connectivity index (χ2n) is 4.98. The van der Waals surface area contributed by atoms with Crippen molar-refractivity contribution in [1.29, 1.82) is 0 Å². The highest BCUT2D eigenvalue weighted by Gasteiger charge is 2.11. The molecule has 106 valence electrons. The summed E-state index contributed by atoms with van der Waals surface area (Å²) in [6.45, 7) is 5.63. The standard InChI is InChI=1S/C16H20N2OS/c1-2-19-8-6-16-18-15(11-20-16)13-3-4-14-10-17-7-5-12(14)9-13/h3-4,9,11,17H,2,5-8,10H2,1H3. The Morgan fingerprint density at radius 2 is 2.30 bits per heavy atom. The van der Waals surface area contributed by atoms with Crippen molar-refractivity contribution in [2.24, 2.45) is 0 Å². The first-order chi connectivity index (χ1) is 9.86. The molecular weight excluding hydrogens is 268 g/mol. The lowest BCUT2D eigenvalue weighted by Crippen LogP contribution is -2.23. The monoisotopic (exact) mass is 288 g/mol. The van der Waals surface area contributed by atoms with Gasteiger partial charge in [-0.3, -0.25) is 0 Å². The van der Waals surface area contributed by atoms with Crippen LogP contribution in [-0.2, 0) is 24.1 Å². The van der Waals surface area contributed by atoms with Gasteiger partial charge in [0, 0.05) is 30.5 Å². The molecule has 0 fully saturated rings. The normalized spacial score (nSPS) is 14.2. The number of fused-ring (bicyclic) bond motifs is 1. The Bertz CT molecular complexity index is 580. The minimum atomic E-state index is 0.763. The van der Waals surface area contributed by atoms with Gasteiger partial charge in [0.05, 0.1) is 17.3 Å². The summed E-state index contributed by atoms with van der Waals surface area (Å²) in [5.74, 6) is 0. The van der Waals surface area contributed by atoms with E-state index >= 15 is 0 Å². The molecule has 0 saturated carbocycles. The van der Waals surface area contributed by atoms with Crippen LogP contribution in [0.15, 0.2) is 23.6 Å². The molecule has 2 heterocycles. The van der Waals surface area contributed by atoms with Gasteiger partial charge in [0.2, 0.25) is 0 Å². The average Bonchev–Trinajstić information content (AvgIpc) is 2.96. The Morgan fingerprint density at radius 3 is 3.20 bits per heavy atom. The van der Waals surface area contributed by atoms with Gasteiger partial charge in [0.15, 0.2) is 0 Å². The van der Waals surface area contributed by atoms with Crippen LogP contribution < -0.4 is 5.32 Å². The molecular formula is C16H20N2OS. The van der Waals surface area contributed by atoms with Gasteiger partial charge in [-0.2, -0.15) is 0 Å². The molecule has 0 unspecified atom stereocenters. The van der Waals surface area contributed by atoms with Gasteiger partial charge in [0.25, 0.3) is 0 Å². The Labute approximate surface area is 124 Å². The SMILES string of the molecule is CCOCCc1nc(-c2ccc3c(c2)CCNC3)cs1. The van der Waals surface area contributed by atoms with Crippen LogP contribution in [0.25, 0.3) is 11.3 Å². The number of nitrogens with zero attached hydrogens (tertiary/aromatic N) is 1. The maximum Gasteiger partial charge on any atom is 0.0955 e. The molecule has 2 aromatic rings. The van der Waals surface area contributed by atoms with Gasteiger partial charge in [-0.25, -0.2) is 4.98 Å². The van der Waals surface area contributed by atoms with Crippen molar-refractivity contribution in [2.45, 2.75) is 26.3 Å². The fourth-order valence-corrected chi connectivity index (χ4v) is 3.29. The molecule has 0 spiro atoms. The van der Waals surface area contributed by atoms with Crippen LogP contribution in [0.2, 0.25) is 0 Å². The van der Waals surface area contributed by atoms with Crippen LogP contribution in [0.1, 0.15) is 23.1 Å². The second kappa shape index (κ2) is 6.48. The molecule has 0 saturated heterocycles. The summed E-state index contributed by atoms with van der Waals surface area (Å²) in [6, 6.07) is 6.72. The second-order valence-corrected chi connectivity index (χ2v) is 5.93. The van der Waals surface area contributed by atoms with Gasteiger partial charge in [-0.05, 0) is 37.1 Å². The molecule has 4 heteroatoms. The summed E-state index contributed by atoms with van der Waals surface area (Å²) in [5.41, 5.74) is 5.23. The molecule has 0 atom stereocenters. The maximum atomic E-state index is 5.39. The third-order valence-electron chi connectivity index (χ3n) is 3.60. The highest BCUT2D eigenvalue weighted by Crippen LogP contribution is 2.26. The molecule has 0 bridgehead atoms. The first kappa shape index (κ1) is 13.7. The topological polar surface area (TPSA) is 34.1 Å². The number of hydrogen-bond acceptors (Lipinski definition) is 4. The van der Waals surface area contributed by atoms with Crippen molar-refractivity contribution in [3.8, 4) is 11.3 Å². The summed E-state index contributed by atoms with van der Waals surface area (Å²) < 4.78 is 5.39. The molecule has 1 aliphatic heterocycles. The van der Waals surface area contributed by atoms with Crippen molar-refractivity contribution in [2.75, 3.05) is 19.8 Å². The van der Waals surface area contributed by atoms with Crippen LogP contribution in [0.5, 0.6) is 0 Å². The third-order valence-corrected chi connectivity index (χ3v) is 4.51. The number of nitrogens with one attached hydrogen (secondary N) is 1. The zero-order valence-corrected chi connectivity index (χ0v) is 12.6. The van der Waals surface area contributed by atoms with Crippen LogP contribution in [0.3, 0.4) is 0 Å². The lowest BCUT2D eigenvalue weighted by Gasteiger charge is -2.17. The zero-order valence-electron chi connectivity index (χ0n) is 11.8. The van der Waals surface area contributed by atoms with Gasteiger partial charge in [0.1, 0.15) is 0 Å². The van der Waals surface area contributed by atoms with Crippen molar-refractivity contribution < 1.29 is 4.74 Å². The minimum absolute atomic E-state index is 0.763. The molecule has 20 heavy (non-hydrogen) atoms. The van der Waals surface area contributed by atoms with Crippen LogP contribution in [-0.4, -0.2) is 24.7 Å². The van der Waals surface area contributed by atoms with Crippen LogP contribution in [0.4, 0.5) is 0 Å². The fraction of sp³-hybridized carbons (Fsp3) is 0.438. The van der Waals surface area contributed by atoms with Crippen molar-refractivity contribution >= 4 is 11.3 Å². The molecule has 1 aromatic heterocycles. The highest BCUT2D eigenvalue weighted by atomic mass is 32.1. The van der Waals surface area contributed by atoms with E-state index in [4.69, 9.17) is 9.72 Å². The van der Waals surface area contributed by atoms with Crippen molar-refractivity contribution in [1.82, 2.24) is 10.3 Å². The largest absolute Gasteiger partial charge is 0.381 e. The number of thiazole rings is 1. The van der Waals surface area contributed by atoms with Gasteiger partial charge >= 0.3 is 0 Å². The zero-order chi connectivity index (χ0) is 13.8. The number of benzene rings is 1. The molecule has 0 aliphatic carbocycles. The molecule has 1 N–H and O–H groups in total. The number of ether oxygens (including phenoxy) is 1. The van der Waals surface area contributed by atoms with E-state index in [1.165, 1.54) is 16.7 Å². The first-order valence-corrected chi connectivity index (χ1v) is 8.10. The van der Waals surface area contributed by atoms with Crippen LogP contribution in [0, 0.1) is 0 Å². The lowest BCUT2D eigenvalue weighted by atomic mass is 9.98. The van der Waals surface area contributed by atoms with E-state index in [-0.39, 0.29) is 0 Å². The molecule has 1 aromatic carbocycles. The van der Waals surface area contributed by atoms with Crippen molar-refractivity contribution in [3.63, 3.8) is 0 Å². The van der Waals surface area contributed by atoms with E-state index in [1.807, 2.05) is 6.92 Å². The van der Waals surface area contributed by atoms with E-state index in [0.717, 1.165) is 49.8 Å². The Balaban J connectivity index is 1.75. The predicted molar refractivity (Wildman–Crippen MR) is 83.2 cm³/mol. The molecule has 0 amide bonds. The summed E-state index contributed by atoms with van der Waals surface area (Å²) in [6.07, 6.45) is 2.03. The van der Waals surface area contributed by atoms with E-state index < -0.39 is 0 Å². The molecule has 3 nitrogen and oxygen atoms in total. The Hall–Kier alpha value is -1.23. The summed E-state index contributed by atoms with van der Waals surface area (Å²) in [5, 5.41) is 6.72. The summed E-state index contributed by atoms with van der Waals surface area (Å²) in [4.78, 5) is 4.72. The van der Waals surface area contributed by atoms with Gasteiger partial charge in [-0.1, -0.05) is 12.1 Å². The highest BCUT2D eigenvalue weighted by molar-refractivity contribution is 7.09. The van der Waals surface area contributed by atoms with Crippen molar-refractivity contribution in [3.05, 3.63) is 39.7 Å². The maximum absolute atomic E-state index is 5.39. The number of aromatic nitrogens is 1. The van der Waals surface area contributed by atoms with E-state index in [1.54, 1.807) is 11.3 Å². The van der Waals surface area contributed by atoms with Gasteiger partial charge in [-0.15, -0.1) is 11.3 Å². The molecule has 1 aliphatic rings. The predicted octanol–water partition coefficient (Wildman–Crippen LogP) is 3.03. The van der Waals surface area contributed by atoms with Crippen LogP contribution >= 0.6 is 11.3 Å². The molecule has 3 rings (SSSR count).